The lowest BCUT2D eigenvalue weighted by Crippen LogP contribution is -2.49. The van der Waals surface area contributed by atoms with Gasteiger partial charge in [0.2, 0.25) is 6.79 Å². The van der Waals surface area contributed by atoms with E-state index in [-0.39, 0.29) is 25.2 Å². The van der Waals surface area contributed by atoms with E-state index >= 15 is 0 Å². The van der Waals surface area contributed by atoms with Crippen molar-refractivity contribution < 1.29 is 19.0 Å². The van der Waals surface area contributed by atoms with Gasteiger partial charge < -0.3 is 14.2 Å². The minimum atomic E-state index is -0.267. The van der Waals surface area contributed by atoms with Crippen LogP contribution >= 0.6 is 12.4 Å². The van der Waals surface area contributed by atoms with Crippen molar-refractivity contribution in [2.24, 2.45) is 5.92 Å². The summed E-state index contributed by atoms with van der Waals surface area (Å²) in [7, 11) is 0. The van der Waals surface area contributed by atoms with Gasteiger partial charge in [0.05, 0.1) is 12.2 Å². The molecule has 0 saturated carbocycles. The number of benzene rings is 1. The van der Waals surface area contributed by atoms with Crippen LogP contribution in [-0.2, 0) is 4.74 Å². The number of ether oxygens (including phenoxy) is 3. The van der Waals surface area contributed by atoms with E-state index < -0.39 is 0 Å². The Bertz CT molecular complexity index is 592. The van der Waals surface area contributed by atoms with Crippen LogP contribution in [-0.4, -0.2) is 43.4 Å². The predicted octanol–water partition coefficient (Wildman–Crippen LogP) is 3.26. The summed E-state index contributed by atoms with van der Waals surface area (Å²) < 4.78 is 16.2. The van der Waals surface area contributed by atoms with Gasteiger partial charge in [0.1, 0.15) is 0 Å². The maximum Gasteiger partial charge on any atom is 0.338 e. The summed E-state index contributed by atoms with van der Waals surface area (Å²) >= 11 is 0. The molecule has 3 heterocycles. The minimum absolute atomic E-state index is 0. The Morgan fingerprint density at radius 2 is 1.96 bits per heavy atom. The van der Waals surface area contributed by atoms with Crippen molar-refractivity contribution in [3.05, 3.63) is 23.8 Å². The maximum absolute atomic E-state index is 12.3. The molecule has 24 heavy (non-hydrogen) atoms. The van der Waals surface area contributed by atoms with E-state index in [9.17, 15) is 4.79 Å². The number of piperidine rings is 2. The monoisotopic (exact) mass is 353 g/mol. The van der Waals surface area contributed by atoms with Crippen LogP contribution in [0, 0.1) is 5.92 Å². The van der Waals surface area contributed by atoms with Gasteiger partial charge in [-0.25, -0.2) is 4.79 Å². The van der Waals surface area contributed by atoms with Crippen LogP contribution in [0.25, 0.3) is 0 Å². The highest BCUT2D eigenvalue weighted by Crippen LogP contribution is 2.33. The van der Waals surface area contributed by atoms with E-state index in [4.69, 9.17) is 14.2 Å². The molecule has 0 spiro atoms. The molecule has 0 amide bonds. The van der Waals surface area contributed by atoms with Crippen molar-refractivity contribution in [2.45, 2.75) is 38.1 Å². The summed E-state index contributed by atoms with van der Waals surface area (Å²) in [6, 6.07) is 5.81. The molecule has 0 aromatic heterocycles. The first-order valence-corrected chi connectivity index (χ1v) is 8.62. The molecule has 5 nitrogen and oxygen atoms in total. The zero-order chi connectivity index (χ0) is 15.6. The summed E-state index contributed by atoms with van der Waals surface area (Å²) in [6.07, 6.45) is 6.22. The molecule has 3 aliphatic heterocycles. The third-order valence-electron chi connectivity index (χ3n) is 5.27. The third-order valence-corrected chi connectivity index (χ3v) is 5.27. The smallest absolute Gasteiger partial charge is 0.338 e. The lowest BCUT2D eigenvalue weighted by atomic mass is 9.84. The second-order valence-electron chi connectivity index (χ2n) is 6.67. The lowest BCUT2D eigenvalue weighted by Gasteiger charge is -2.44. The number of carbonyl (C=O) groups excluding carboxylic acids is 1. The van der Waals surface area contributed by atoms with Crippen LogP contribution in [0.5, 0.6) is 11.5 Å². The Hall–Kier alpha value is -1.46. The molecule has 4 rings (SSSR count). The molecule has 6 heteroatoms. The standard InChI is InChI=1S/C18H23NO4.ClH/c20-18(13-6-7-16-17(10-13)23-12-22-16)21-11-14-4-3-9-19-8-2-1-5-15(14)19;/h6-7,10,14-15H,1-5,8-9,11-12H2;1H/t14-,15?;/m0./s1. The van der Waals surface area contributed by atoms with E-state index in [0.29, 0.717) is 35.6 Å². The van der Waals surface area contributed by atoms with Gasteiger partial charge in [0, 0.05) is 12.0 Å². The third kappa shape index (κ3) is 3.47. The number of esters is 1. The first kappa shape index (κ1) is 17.4. The van der Waals surface area contributed by atoms with Crippen molar-refractivity contribution in [3.63, 3.8) is 0 Å². The molecule has 1 aromatic carbocycles. The fourth-order valence-electron chi connectivity index (χ4n) is 4.06. The fraction of sp³-hybridized carbons (Fsp3) is 0.611. The molecule has 2 fully saturated rings. The number of hydrogen-bond acceptors (Lipinski definition) is 5. The molecule has 2 saturated heterocycles. The molecule has 1 unspecified atom stereocenters. The van der Waals surface area contributed by atoms with Gasteiger partial charge in [0.15, 0.2) is 11.5 Å². The predicted molar refractivity (Wildman–Crippen MR) is 92.0 cm³/mol. The van der Waals surface area contributed by atoms with E-state index in [1.165, 1.54) is 38.8 Å². The van der Waals surface area contributed by atoms with Crippen LogP contribution in [0.4, 0.5) is 0 Å². The van der Waals surface area contributed by atoms with Gasteiger partial charge in [-0.3, -0.25) is 4.90 Å². The molecule has 132 valence electrons. The van der Waals surface area contributed by atoms with Crippen molar-refractivity contribution in [2.75, 3.05) is 26.5 Å². The van der Waals surface area contributed by atoms with Gasteiger partial charge in [-0.2, -0.15) is 0 Å². The average molecular weight is 354 g/mol. The van der Waals surface area contributed by atoms with Crippen molar-refractivity contribution >= 4 is 18.4 Å². The van der Waals surface area contributed by atoms with Gasteiger partial charge in [-0.1, -0.05) is 6.42 Å². The summed E-state index contributed by atoms with van der Waals surface area (Å²) in [5.74, 6) is 1.51. The fourth-order valence-corrected chi connectivity index (χ4v) is 4.06. The number of halogens is 1. The zero-order valence-electron chi connectivity index (χ0n) is 13.7. The molecule has 2 atom stereocenters. The van der Waals surface area contributed by atoms with E-state index in [0.717, 1.165) is 6.42 Å². The summed E-state index contributed by atoms with van der Waals surface area (Å²) in [5.41, 5.74) is 0.533. The Morgan fingerprint density at radius 3 is 2.88 bits per heavy atom. The second-order valence-corrected chi connectivity index (χ2v) is 6.67. The highest BCUT2D eigenvalue weighted by atomic mass is 35.5. The molecule has 3 aliphatic rings. The van der Waals surface area contributed by atoms with Gasteiger partial charge in [-0.15, -0.1) is 12.4 Å². The van der Waals surface area contributed by atoms with Crippen LogP contribution in [0.2, 0.25) is 0 Å². The number of nitrogens with zero attached hydrogens (tertiary/aromatic N) is 1. The molecule has 0 radical (unpaired) electrons. The quantitative estimate of drug-likeness (QED) is 0.781. The van der Waals surface area contributed by atoms with Crippen molar-refractivity contribution in [3.8, 4) is 11.5 Å². The van der Waals surface area contributed by atoms with E-state index in [2.05, 4.69) is 4.90 Å². The summed E-state index contributed by atoms with van der Waals surface area (Å²) in [5, 5.41) is 0. The normalized spacial score (nSPS) is 25.5. The minimum Gasteiger partial charge on any atom is -0.462 e. The molecular formula is C18H24ClNO4. The Kier molecular flexibility index (Phi) is 5.51. The highest BCUT2D eigenvalue weighted by molar-refractivity contribution is 5.90. The Morgan fingerprint density at radius 1 is 1.12 bits per heavy atom. The molecule has 0 N–H and O–H groups in total. The maximum atomic E-state index is 12.3. The van der Waals surface area contributed by atoms with E-state index in [1.807, 2.05) is 0 Å². The summed E-state index contributed by atoms with van der Waals surface area (Å²) in [6.45, 7) is 3.15. The van der Waals surface area contributed by atoms with E-state index in [1.54, 1.807) is 18.2 Å². The van der Waals surface area contributed by atoms with Crippen molar-refractivity contribution in [1.82, 2.24) is 4.90 Å². The molecule has 1 aromatic rings. The first-order chi connectivity index (χ1) is 11.3. The first-order valence-electron chi connectivity index (χ1n) is 8.62. The lowest BCUT2D eigenvalue weighted by molar-refractivity contribution is 0.00737. The topological polar surface area (TPSA) is 48.0 Å². The van der Waals surface area contributed by atoms with Crippen LogP contribution in [0.15, 0.2) is 18.2 Å². The van der Waals surface area contributed by atoms with Crippen LogP contribution in [0.1, 0.15) is 42.5 Å². The number of fused-ring (bicyclic) bond motifs is 2. The largest absolute Gasteiger partial charge is 0.462 e. The van der Waals surface area contributed by atoms with Gasteiger partial charge >= 0.3 is 5.97 Å². The number of carbonyl (C=O) groups is 1. The van der Waals surface area contributed by atoms with Crippen LogP contribution in [0.3, 0.4) is 0 Å². The average Bonchev–Trinajstić information content (AvgIpc) is 3.07. The number of rotatable bonds is 3. The summed E-state index contributed by atoms with van der Waals surface area (Å²) in [4.78, 5) is 14.9. The molecule has 0 bridgehead atoms. The van der Waals surface area contributed by atoms with Crippen LogP contribution < -0.4 is 9.47 Å². The van der Waals surface area contributed by atoms with Gasteiger partial charge in [0.25, 0.3) is 0 Å². The highest BCUT2D eigenvalue weighted by Gasteiger charge is 2.33. The second kappa shape index (κ2) is 7.62. The van der Waals surface area contributed by atoms with Crippen molar-refractivity contribution in [1.29, 1.82) is 0 Å². The molecule has 0 aliphatic carbocycles. The van der Waals surface area contributed by atoms with Gasteiger partial charge in [-0.05, 0) is 57.0 Å². The zero-order valence-corrected chi connectivity index (χ0v) is 14.6. The Labute approximate surface area is 148 Å². The molecular weight excluding hydrogens is 330 g/mol. The Balaban J connectivity index is 0.00000169. The number of hydrogen-bond donors (Lipinski definition) is 0. The SMILES string of the molecule is Cl.O=C(OC[C@@H]1CCCN2CCCCC12)c1ccc2c(c1)OCO2.